The second kappa shape index (κ2) is 10.5. The first-order chi connectivity index (χ1) is 16.5. The van der Waals surface area contributed by atoms with Gasteiger partial charge in [-0.05, 0) is 47.4 Å². The van der Waals surface area contributed by atoms with Crippen LogP contribution in [0.4, 0.5) is 4.79 Å². The molecule has 2 aromatic carbocycles. The maximum Gasteiger partial charge on any atom is 0.407 e. The zero-order valence-corrected chi connectivity index (χ0v) is 19.0. The number of nitrogens with one attached hydrogen (secondary N) is 2. The summed E-state index contributed by atoms with van der Waals surface area (Å²) in [4.78, 5) is 36.5. The zero-order chi connectivity index (χ0) is 24.1. The van der Waals surface area contributed by atoms with Gasteiger partial charge in [0, 0.05) is 18.4 Å². The molecule has 178 valence electrons. The summed E-state index contributed by atoms with van der Waals surface area (Å²) >= 11 is 0. The molecule has 4 rings (SSSR count). The second-order valence-corrected chi connectivity index (χ2v) is 8.93. The van der Waals surface area contributed by atoms with Gasteiger partial charge in [0.2, 0.25) is 5.91 Å². The van der Waals surface area contributed by atoms with E-state index in [2.05, 4.69) is 41.5 Å². The molecule has 0 heterocycles. The molecule has 0 bridgehead atoms. The Bertz CT molecular complexity index is 1040. The molecule has 1 fully saturated rings. The fourth-order valence-electron chi connectivity index (χ4n) is 5.16. The van der Waals surface area contributed by atoms with Crippen LogP contribution in [0, 0.1) is 11.8 Å². The number of ether oxygens (including phenoxy) is 1. The lowest BCUT2D eigenvalue weighted by Crippen LogP contribution is -2.45. The molecule has 7 nitrogen and oxygen atoms in total. The first-order valence-corrected chi connectivity index (χ1v) is 11.7. The van der Waals surface area contributed by atoms with Crippen molar-refractivity contribution in [3.8, 4) is 11.1 Å². The van der Waals surface area contributed by atoms with Gasteiger partial charge in [-0.3, -0.25) is 4.79 Å². The summed E-state index contributed by atoms with van der Waals surface area (Å²) in [6.45, 7) is 4.09. The Kier molecular flexibility index (Phi) is 7.30. The average Bonchev–Trinajstić information content (AvgIpc) is 3.44. The number of carboxylic acids is 1. The van der Waals surface area contributed by atoms with E-state index in [0.29, 0.717) is 13.0 Å². The van der Waals surface area contributed by atoms with E-state index in [1.165, 1.54) is 17.2 Å². The summed E-state index contributed by atoms with van der Waals surface area (Å²) in [5.74, 6) is -1.77. The van der Waals surface area contributed by atoms with E-state index in [0.717, 1.165) is 24.0 Å². The molecule has 7 heteroatoms. The highest BCUT2D eigenvalue weighted by Crippen LogP contribution is 2.44. The molecule has 2 amide bonds. The Labute approximate surface area is 199 Å². The van der Waals surface area contributed by atoms with Crippen LogP contribution >= 0.6 is 0 Å². The number of carbonyl (C=O) groups excluding carboxylic acids is 2. The molecular formula is C27H30N2O5. The Morgan fingerprint density at radius 3 is 2.32 bits per heavy atom. The number of hydrogen-bond donors (Lipinski definition) is 3. The number of benzene rings is 2. The van der Waals surface area contributed by atoms with E-state index >= 15 is 0 Å². The molecule has 2 aliphatic carbocycles. The van der Waals surface area contributed by atoms with E-state index in [4.69, 9.17) is 4.74 Å². The van der Waals surface area contributed by atoms with Crippen LogP contribution in [0.2, 0.25) is 0 Å². The van der Waals surface area contributed by atoms with Crippen LogP contribution < -0.4 is 10.6 Å². The van der Waals surface area contributed by atoms with Gasteiger partial charge in [-0.2, -0.15) is 0 Å². The molecule has 2 aliphatic rings. The molecule has 3 N–H and O–H groups in total. The number of amides is 2. The lowest BCUT2D eigenvalue weighted by molar-refractivity contribution is -0.142. The zero-order valence-electron chi connectivity index (χ0n) is 19.0. The lowest BCUT2D eigenvalue weighted by Gasteiger charge is -2.22. The molecule has 1 saturated carbocycles. The Morgan fingerprint density at radius 1 is 1.06 bits per heavy atom. The number of hydrogen-bond acceptors (Lipinski definition) is 4. The van der Waals surface area contributed by atoms with Crippen LogP contribution in [-0.4, -0.2) is 42.3 Å². The maximum absolute atomic E-state index is 12.7. The number of carbonyl (C=O) groups is 3. The smallest absolute Gasteiger partial charge is 0.407 e. The minimum Gasteiger partial charge on any atom is -0.480 e. The van der Waals surface area contributed by atoms with Crippen molar-refractivity contribution < 1.29 is 24.2 Å². The molecule has 3 atom stereocenters. The van der Waals surface area contributed by atoms with Gasteiger partial charge in [-0.1, -0.05) is 61.0 Å². The fraction of sp³-hybridized carbons (Fsp3) is 0.370. The highest BCUT2D eigenvalue weighted by Gasteiger charge is 2.35. The third kappa shape index (κ3) is 4.98. The van der Waals surface area contributed by atoms with Crippen LogP contribution in [0.5, 0.6) is 0 Å². The van der Waals surface area contributed by atoms with Gasteiger partial charge in [0.05, 0.1) is 0 Å². The van der Waals surface area contributed by atoms with Crippen LogP contribution in [0.25, 0.3) is 11.1 Å². The van der Waals surface area contributed by atoms with Crippen molar-refractivity contribution in [3.63, 3.8) is 0 Å². The van der Waals surface area contributed by atoms with E-state index < -0.39 is 18.1 Å². The van der Waals surface area contributed by atoms with Gasteiger partial charge >= 0.3 is 12.1 Å². The van der Waals surface area contributed by atoms with Gasteiger partial charge in [0.25, 0.3) is 0 Å². The van der Waals surface area contributed by atoms with Crippen LogP contribution in [0.1, 0.15) is 42.7 Å². The topological polar surface area (TPSA) is 105 Å². The Morgan fingerprint density at radius 2 is 1.71 bits per heavy atom. The van der Waals surface area contributed by atoms with Crippen molar-refractivity contribution in [3.05, 3.63) is 72.3 Å². The number of aliphatic carboxylic acids is 1. The quantitative estimate of drug-likeness (QED) is 0.487. The summed E-state index contributed by atoms with van der Waals surface area (Å²) in [6, 6.07) is 15.3. The summed E-state index contributed by atoms with van der Waals surface area (Å²) < 4.78 is 5.58. The first-order valence-electron chi connectivity index (χ1n) is 11.7. The van der Waals surface area contributed by atoms with Crippen LogP contribution in [-0.2, 0) is 14.3 Å². The largest absolute Gasteiger partial charge is 0.480 e. The minimum absolute atomic E-state index is 0.0130. The Hall–Kier alpha value is -3.61. The molecule has 0 radical (unpaired) electrons. The van der Waals surface area contributed by atoms with Gasteiger partial charge in [-0.15, -0.1) is 6.58 Å². The lowest BCUT2D eigenvalue weighted by atomic mass is 9.94. The number of alkyl carbamates (subject to hydrolysis) is 1. The number of fused-ring (bicyclic) bond motifs is 3. The van der Waals surface area contributed by atoms with Gasteiger partial charge in [0.1, 0.15) is 12.6 Å². The first kappa shape index (κ1) is 23.5. The van der Waals surface area contributed by atoms with E-state index in [-0.39, 0.29) is 36.7 Å². The summed E-state index contributed by atoms with van der Waals surface area (Å²) in [7, 11) is 0. The predicted octanol–water partition coefficient (Wildman–Crippen LogP) is 4.09. The molecule has 0 spiro atoms. The van der Waals surface area contributed by atoms with E-state index in [1.54, 1.807) is 0 Å². The van der Waals surface area contributed by atoms with Gasteiger partial charge in [-0.25, -0.2) is 9.59 Å². The van der Waals surface area contributed by atoms with Gasteiger partial charge in [0.15, 0.2) is 0 Å². The third-order valence-corrected chi connectivity index (χ3v) is 6.87. The maximum atomic E-state index is 12.7. The highest BCUT2D eigenvalue weighted by molar-refractivity contribution is 5.85. The number of carboxylic acid groups (broad SMARTS) is 1. The van der Waals surface area contributed by atoms with Crippen molar-refractivity contribution in [1.82, 2.24) is 10.6 Å². The molecule has 2 aromatic rings. The molecule has 3 unspecified atom stereocenters. The third-order valence-electron chi connectivity index (χ3n) is 6.87. The van der Waals surface area contributed by atoms with Crippen LogP contribution in [0.3, 0.4) is 0 Å². The predicted molar refractivity (Wildman–Crippen MR) is 128 cm³/mol. The summed E-state index contributed by atoms with van der Waals surface area (Å²) in [6.07, 6.45) is 3.45. The SMILES string of the molecule is C=CCC(NC(=O)C1CCCC1CNC(=O)OCC1c2ccccc2-c2ccccc21)C(=O)O. The summed E-state index contributed by atoms with van der Waals surface area (Å²) in [5.41, 5.74) is 4.64. The van der Waals surface area contributed by atoms with Crippen molar-refractivity contribution in [2.75, 3.05) is 13.2 Å². The minimum atomic E-state index is -1.08. The molecule has 34 heavy (non-hydrogen) atoms. The van der Waals surface area contributed by atoms with Gasteiger partial charge < -0.3 is 20.5 Å². The van der Waals surface area contributed by atoms with Crippen molar-refractivity contribution >= 4 is 18.0 Å². The summed E-state index contributed by atoms with van der Waals surface area (Å²) in [5, 5.41) is 14.7. The van der Waals surface area contributed by atoms with E-state index in [1.807, 2.05) is 24.3 Å². The van der Waals surface area contributed by atoms with E-state index in [9.17, 15) is 19.5 Å². The monoisotopic (exact) mass is 462 g/mol. The molecular weight excluding hydrogens is 432 g/mol. The van der Waals surface area contributed by atoms with Crippen molar-refractivity contribution in [2.45, 2.75) is 37.6 Å². The molecule has 0 saturated heterocycles. The molecule has 0 aliphatic heterocycles. The fourth-order valence-corrected chi connectivity index (χ4v) is 5.16. The standard InChI is InChI=1S/C27H30N2O5/c1-2-8-24(26(31)32)29-25(30)18-14-7-9-17(18)15-28-27(33)34-16-23-21-12-5-3-10-19(21)20-11-4-6-13-22(20)23/h2-6,10-13,17-18,23-24H,1,7-9,14-16H2,(H,28,33)(H,29,30)(H,31,32). The highest BCUT2D eigenvalue weighted by atomic mass is 16.5. The Balaban J connectivity index is 1.31. The second-order valence-electron chi connectivity index (χ2n) is 8.93. The van der Waals surface area contributed by atoms with Crippen LogP contribution in [0.15, 0.2) is 61.2 Å². The number of rotatable bonds is 9. The van der Waals surface area contributed by atoms with Crippen molar-refractivity contribution in [2.24, 2.45) is 11.8 Å². The average molecular weight is 463 g/mol. The van der Waals surface area contributed by atoms with Crippen molar-refractivity contribution in [1.29, 1.82) is 0 Å². The molecule has 0 aromatic heterocycles. The normalized spacial score (nSPS) is 19.5.